The average molecular weight is 244 g/mol. The SMILES string of the molecule is O=C1/C=C\C(=O)OC2c3ccccc3CCC2O1. The highest BCUT2D eigenvalue weighted by atomic mass is 16.6. The van der Waals surface area contributed by atoms with Crippen LogP contribution in [0.1, 0.15) is 23.7 Å². The van der Waals surface area contributed by atoms with E-state index in [9.17, 15) is 9.59 Å². The number of ether oxygens (including phenoxy) is 2. The predicted molar refractivity (Wildman–Crippen MR) is 62.6 cm³/mol. The van der Waals surface area contributed by atoms with Gasteiger partial charge in [0.2, 0.25) is 0 Å². The summed E-state index contributed by atoms with van der Waals surface area (Å²) < 4.78 is 10.7. The molecule has 2 atom stereocenters. The molecule has 2 unspecified atom stereocenters. The fourth-order valence-electron chi connectivity index (χ4n) is 2.44. The van der Waals surface area contributed by atoms with Crippen molar-refractivity contribution in [2.75, 3.05) is 0 Å². The van der Waals surface area contributed by atoms with Crippen molar-refractivity contribution < 1.29 is 19.1 Å². The van der Waals surface area contributed by atoms with Crippen molar-refractivity contribution >= 4 is 11.9 Å². The zero-order valence-corrected chi connectivity index (χ0v) is 9.67. The molecule has 2 aliphatic rings. The summed E-state index contributed by atoms with van der Waals surface area (Å²) in [5, 5.41) is 0. The van der Waals surface area contributed by atoms with Gasteiger partial charge < -0.3 is 9.47 Å². The minimum absolute atomic E-state index is 0.388. The van der Waals surface area contributed by atoms with Gasteiger partial charge in [-0.05, 0) is 24.0 Å². The van der Waals surface area contributed by atoms with Crippen molar-refractivity contribution in [2.24, 2.45) is 0 Å². The smallest absolute Gasteiger partial charge is 0.331 e. The Balaban J connectivity index is 2.01. The quantitative estimate of drug-likeness (QED) is 0.652. The minimum atomic E-state index is -0.502. The fraction of sp³-hybridized carbons (Fsp3) is 0.286. The van der Waals surface area contributed by atoms with Gasteiger partial charge in [-0.25, -0.2) is 9.59 Å². The molecule has 0 bridgehead atoms. The molecule has 0 saturated carbocycles. The van der Waals surface area contributed by atoms with Crippen molar-refractivity contribution in [1.29, 1.82) is 0 Å². The van der Waals surface area contributed by atoms with Crippen molar-refractivity contribution in [3.8, 4) is 0 Å². The minimum Gasteiger partial charge on any atom is -0.455 e. The van der Waals surface area contributed by atoms with Gasteiger partial charge in [0.25, 0.3) is 0 Å². The van der Waals surface area contributed by atoms with E-state index in [1.807, 2.05) is 24.3 Å². The van der Waals surface area contributed by atoms with Crippen LogP contribution in [0.3, 0.4) is 0 Å². The summed E-state index contributed by atoms with van der Waals surface area (Å²) >= 11 is 0. The standard InChI is InChI=1S/C14H12O4/c15-12-7-8-13(16)18-14-10-4-2-1-3-9(10)5-6-11(14)17-12/h1-4,7-8,11,14H,5-6H2/b8-7-. The second-order valence-corrected chi connectivity index (χ2v) is 4.40. The van der Waals surface area contributed by atoms with Gasteiger partial charge in [-0.1, -0.05) is 24.3 Å². The Hall–Kier alpha value is -2.10. The molecule has 18 heavy (non-hydrogen) atoms. The van der Waals surface area contributed by atoms with Crippen LogP contribution in [0.5, 0.6) is 0 Å². The van der Waals surface area contributed by atoms with E-state index in [0.717, 1.165) is 29.7 Å². The molecule has 0 aromatic heterocycles. The van der Waals surface area contributed by atoms with Gasteiger partial charge in [0, 0.05) is 12.2 Å². The topological polar surface area (TPSA) is 52.6 Å². The van der Waals surface area contributed by atoms with Crippen LogP contribution in [0.4, 0.5) is 0 Å². The maximum Gasteiger partial charge on any atom is 0.331 e. The van der Waals surface area contributed by atoms with Gasteiger partial charge in [0.15, 0.2) is 6.10 Å². The highest BCUT2D eigenvalue weighted by Gasteiger charge is 2.35. The van der Waals surface area contributed by atoms with E-state index < -0.39 is 18.0 Å². The average Bonchev–Trinajstić information content (AvgIpc) is 2.37. The zero-order chi connectivity index (χ0) is 12.5. The first-order valence-corrected chi connectivity index (χ1v) is 5.91. The molecule has 0 radical (unpaired) electrons. The third kappa shape index (κ3) is 1.90. The van der Waals surface area contributed by atoms with Gasteiger partial charge >= 0.3 is 11.9 Å². The van der Waals surface area contributed by atoms with E-state index in [-0.39, 0.29) is 6.10 Å². The number of benzene rings is 1. The number of aryl methyl sites for hydroxylation is 1. The largest absolute Gasteiger partial charge is 0.455 e. The summed E-state index contributed by atoms with van der Waals surface area (Å²) in [5.41, 5.74) is 2.08. The molecule has 3 rings (SSSR count). The number of carbonyl (C=O) groups excluding carboxylic acids is 2. The molecule has 0 fully saturated rings. The molecule has 1 heterocycles. The molecule has 92 valence electrons. The van der Waals surface area contributed by atoms with Gasteiger partial charge in [-0.15, -0.1) is 0 Å². The van der Waals surface area contributed by atoms with Crippen molar-refractivity contribution in [3.05, 3.63) is 47.5 Å². The number of fused-ring (bicyclic) bond motifs is 3. The summed E-state index contributed by atoms with van der Waals surface area (Å²) in [6.07, 6.45) is 2.84. The molecule has 0 spiro atoms. The molecule has 1 aromatic rings. The second-order valence-electron chi connectivity index (χ2n) is 4.40. The molecule has 1 aromatic carbocycles. The van der Waals surface area contributed by atoms with Crippen LogP contribution < -0.4 is 0 Å². The molecule has 1 aliphatic heterocycles. The fourth-order valence-corrected chi connectivity index (χ4v) is 2.44. The Bertz CT molecular complexity index is 532. The van der Waals surface area contributed by atoms with Crippen LogP contribution in [-0.2, 0) is 25.5 Å². The molecule has 4 nitrogen and oxygen atoms in total. The van der Waals surface area contributed by atoms with E-state index in [1.165, 1.54) is 0 Å². The lowest BCUT2D eigenvalue weighted by Crippen LogP contribution is -2.34. The normalized spacial score (nSPS) is 28.0. The molecular weight excluding hydrogens is 232 g/mol. The summed E-state index contributed by atoms with van der Waals surface area (Å²) in [4.78, 5) is 23.0. The highest BCUT2D eigenvalue weighted by molar-refractivity contribution is 5.92. The number of carbonyl (C=O) groups is 2. The molecule has 0 saturated heterocycles. The predicted octanol–water partition coefficient (Wildman–Crippen LogP) is 1.70. The lowest BCUT2D eigenvalue weighted by Gasteiger charge is -2.32. The Morgan fingerprint density at radius 2 is 1.72 bits per heavy atom. The van der Waals surface area contributed by atoms with Crippen LogP contribution in [0.25, 0.3) is 0 Å². The number of rotatable bonds is 0. The van der Waals surface area contributed by atoms with Gasteiger partial charge in [-0.3, -0.25) is 0 Å². The number of hydrogen-bond acceptors (Lipinski definition) is 4. The van der Waals surface area contributed by atoms with Crippen LogP contribution in [0.2, 0.25) is 0 Å². The van der Waals surface area contributed by atoms with Crippen LogP contribution >= 0.6 is 0 Å². The summed E-state index contributed by atoms with van der Waals surface area (Å²) in [5.74, 6) is -0.987. The molecular formula is C14H12O4. The van der Waals surface area contributed by atoms with Crippen LogP contribution in [-0.4, -0.2) is 18.0 Å². The third-order valence-electron chi connectivity index (χ3n) is 3.26. The second kappa shape index (κ2) is 4.29. The highest BCUT2D eigenvalue weighted by Crippen LogP contribution is 2.35. The van der Waals surface area contributed by atoms with Crippen molar-refractivity contribution in [1.82, 2.24) is 0 Å². The first kappa shape index (κ1) is 11.0. The summed E-state index contributed by atoms with van der Waals surface area (Å²) in [7, 11) is 0. The molecule has 0 amide bonds. The van der Waals surface area contributed by atoms with Gasteiger partial charge in [0.05, 0.1) is 0 Å². The van der Waals surface area contributed by atoms with Gasteiger partial charge in [-0.2, -0.15) is 0 Å². The number of esters is 2. The molecule has 4 heteroatoms. The van der Waals surface area contributed by atoms with Crippen LogP contribution in [0, 0.1) is 0 Å². The van der Waals surface area contributed by atoms with Crippen molar-refractivity contribution in [3.63, 3.8) is 0 Å². The Morgan fingerprint density at radius 1 is 1.00 bits per heavy atom. The monoisotopic (exact) mass is 244 g/mol. The first-order chi connectivity index (χ1) is 8.74. The summed E-state index contributed by atoms with van der Waals surface area (Å²) in [6, 6.07) is 7.77. The zero-order valence-electron chi connectivity index (χ0n) is 9.67. The lowest BCUT2D eigenvalue weighted by molar-refractivity contribution is -0.166. The van der Waals surface area contributed by atoms with E-state index in [1.54, 1.807) is 0 Å². The number of hydrogen-bond donors (Lipinski definition) is 0. The van der Waals surface area contributed by atoms with E-state index in [4.69, 9.17) is 9.47 Å². The summed E-state index contributed by atoms with van der Waals surface area (Å²) in [6.45, 7) is 0. The van der Waals surface area contributed by atoms with Gasteiger partial charge in [0.1, 0.15) is 6.10 Å². The first-order valence-electron chi connectivity index (χ1n) is 5.91. The Labute approximate surface area is 104 Å². The Morgan fingerprint density at radius 3 is 2.56 bits per heavy atom. The maximum absolute atomic E-state index is 11.5. The van der Waals surface area contributed by atoms with Crippen LogP contribution in [0.15, 0.2) is 36.4 Å². The molecule has 0 N–H and O–H groups in total. The van der Waals surface area contributed by atoms with Crippen molar-refractivity contribution in [2.45, 2.75) is 25.0 Å². The Kier molecular flexibility index (Phi) is 2.63. The van der Waals surface area contributed by atoms with E-state index in [2.05, 4.69) is 0 Å². The lowest BCUT2D eigenvalue weighted by atomic mass is 9.87. The van der Waals surface area contributed by atoms with E-state index >= 15 is 0 Å². The van der Waals surface area contributed by atoms with E-state index in [0.29, 0.717) is 6.42 Å². The maximum atomic E-state index is 11.5. The third-order valence-corrected chi connectivity index (χ3v) is 3.26. The molecule has 1 aliphatic carbocycles.